The minimum atomic E-state index is -1.22. The fourth-order valence-corrected chi connectivity index (χ4v) is 4.16. The monoisotopic (exact) mass is 378 g/mol. The van der Waals surface area contributed by atoms with Crippen molar-refractivity contribution in [1.29, 1.82) is 0 Å². The van der Waals surface area contributed by atoms with Crippen molar-refractivity contribution in [3.63, 3.8) is 0 Å². The zero-order chi connectivity index (χ0) is 20.2. The SMILES string of the molecule is COc1cc2c(c3cccnc13)C[C@@H](C(C)(C)C)c1cc(C(=O)O)c(=O)[nH]c1-2. The van der Waals surface area contributed by atoms with Crippen LogP contribution < -0.4 is 10.3 Å². The number of hydrogen-bond donors (Lipinski definition) is 2. The van der Waals surface area contributed by atoms with Crippen LogP contribution in [-0.2, 0) is 6.42 Å². The van der Waals surface area contributed by atoms with Crippen LogP contribution in [0.4, 0.5) is 0 Å². The molecule has 144 valence electrons. The molecule has 1 aliphatic rings. The topological polar surface area (TPSA) is 92.3 Å². The summed E-state index contributed by atoms with van der Waals surface area (Å²) in [5.41, 5.74) is 3.29. The van der Waals surface area contributed by atoms with E-state index in [2.05, 4.69) is 30.7 Å². The van der Waals surface area contributed by atoms with Gasteiger partial charge in [0.15, 0.2) is 0 Å². The summed E-state index contributed by atoms with van der Waals surface area (Å²) in [6, 6.07) is 7.33. The second kappa shape index (κ2) is 6.19. The zero-order valence-electron chi connectivity index (χ0n) is 16.3. The highest BCUT2D eigenvalue weighted by Crippen LogP contribution is 2.49. The Labute approximate surface area is 162 Å². The Kier molecular flexibility index (Phi) is 4.03. The lowest BCUT2D eigenvalue weighted by atomic mass is 9.68. The van der Waals surface area contributed by atoms with Crippen molar-refractivity contribution < 1.29 is 14.6 Å². The predicted molar refractivity (Wildman–Crippen MR) is 107 cm³/mol. The van der Waals surface area contributed by atoms with Crippen molar-refractivity contribution in [3.8, 4) is 17.0 Å². The molecule has 6 nitrogen and oxygen atoms in total. The van der Waals surface area contributed by atoms with Gasteiger partial charge in [0, 0.05) is 17.1 Å². The molecule has 1 atom stereocenters. The third-order valence-electron chi connectivity index (χ3n) is 5.59. The van der Waals surface area contributed by atoms with Gasteiger partial charge in [0.25, 0.3) is 5.56 Å². The standard InChI is InChI=1S/C22H22N2O4/c1-22(2,3)16-9-12-11-6-5-7-23-19(11)17(28-4)10-13(12)18-14(16)8-15(21(26)27)20(25)24-18/h5-8,10,16H,9H2,1-4H3,(H,24,25)(H,26,27)/t16-/m1/s1. The molecule has 0 bridgehead atoms. The number of nitrogens with one attached hydrogen (secondary N) is 1. The largest absolute Gasteiger partial charge is 0.494 e. The van der Waals surface area contributed by atoms with Gasteiger partial charge in [0.1, 0.15) is 16.8 Å². The van der Waals surface area contributed by atoms with Crippen LogP contribution in [0.25, 0.3) is 22.2 Å². The summed E-state index contributed by atoms with van der Waals surface area (Å²) in [6.45, 7) is 6.38. The van der Waals surface area contributed by atoms with Gasteiger partial charge in [-0.1, -0.05) is 26.8 Å². The van der Waals surface area contributed by atoms with Gasteiger partial charge < -0.3 is 14.8 Å². The number of hydrogen-bond acceptors (Lipinski definition) is 4. The smallest absolute Gasteiger partial charge is 0.341 e. The van der Waals surface area contributed by atoms with Gasteiger partial charge in [0.2, 0.25) is 0 Å². The summed E-state index contributed by atoms with van der Waals surface area (Å²) in [7, 11) is 1.59. The number of H-pyrrole nitrogens is 1. The Morgan fingerprint density at radius 2 is 2.07 bits per heavy atom. The predicted octanol–water partition coefficient (Wildman–Crippen LogP) is 3.98. The van der Waals surface area contributed by atoms with Crippen molar-refractivity contribution >= 4 is 16.9 Å². The zero-order valence-corrected chi connectivity index (χ0v) is 16.3. The number of rotatable bonds is 2. The first-order valence-electron chi connectivity index (χ1n) is 9.18. The van der Waals surface area contributed by atoms with Gasteiger partial charge in [-0.25, -0.2) is 4.79 Å². The Hall–Kier alpha value is -3.15. The Bertz CT molecular complexity index is 1170. The summed E-state index contributed by atoms with van der Waals surface area (Å²) in [5.74, 6) is -0.554. The van der Waals surface area contributed by atoms with Crippen LogP contribution in [0.3, 0.4) is 0 Å². The first-order chi connectivity index (χ1) is 13.2. The van der Waals surface area contributed by atoms with E-state index >= 15 is 0 Å². The molecule has 0 amide bonds. The summed E-state index contributed by atoms with van der Waals surface area (Å²) >= 11 is 0. The van der Waals surface area contributed by atoms with Gasteiger partial charge in [-0.2, -0.15) is 0 Å². The number of carbonyl (C=O) groups is 1. The molecule has 2 aromatic heterocycles. The number of nitrogens with zero attached hydrogens (tertiary/aromatic N) is 1. The van der Waals surface area contributed by atoms with Crippen LogP contribution in [0.2, 0.25) is 0 Å². The number of ether oxygens (including phenoxy) is 1. The number of aromatic amines is 1. The highest BCUT2D eigenvalue weighted by molar-refractivity contribution is 5.95. The Balaban J connectivity index is 2.12. The van der Waals surface area contributed by atoms with Crippen LogP contribution in [0.5, 0.6) is 5.75 Å². The van der Waals surface area contributed by atoms with E-state index in [0.29, 0.717) is 11.4 Å². The first kappa shape index (κ1) is 18.2. The van der Waals surface area contributed by atoms with E-state index in [1.54, 1.807) is 13.3 Å². The van der Waals surface area contributed by atoms with Crippen molar-refractivity contribution in [2.45, 2.75) is 33.1 Å². The lowest BCUT2D eigenvalue weighted by Gasteiger charge is -2.37. The van der Waals surface area contributed by atoms with Crippen LogP contribution in [0.15, 0.2) is 35.3 Å². The number of aromatic carboxylic acids is 1. The molecule has 1 aromatic carbocycles. The van der Waals surface area contributed by atoms with Crippen LogP contribution in [0, 0.1) is 5.41 Å². The van der Waals surface area contributed by atoms with Crippen molar-refractivity contribution in [1.82, 2.24) is 9.97 Å². The van der Waals surface area contributed by atoms with Crippen LogP contribution >= 0.6 is 0 Å². The molecule has 0 saturated carbocycles. The average molecular weight is 378 g/mol. The number of carboxylic acid groups (broad SMARTS) is 1. The lowest BCUT2D eigenvalue weighted by molar-refractivity contribution is 0.0694. The molecule has 2 heterocycles. The molecule has 4 rings (SSSR count). The second-order valence-corrected chi connectivity index (χ2v) is 8.27. The highest BCUT2D eigenvalue weighted by Gasteiger charge is 2.36. The van der Waals surface area contributed by atoms with Crippen molar-refractivity contribution in [3.05, 3.63) is 57.5 Å². The molecule has 0 unspecified atom stereocenters. The maximum Gasteiger partial charge on any atom is 0.341 e. The van der Waals surface area contributed by atoms with E-state index in [9.17, 15) is 14.7 Å². The Morgan fingerprint density at radius 3 is 2.71 bits per heavy atom. The molecule has 0 radical (unpaired) electrons. The molecule has 0 fully saturated rings. The Morgan fingerprint density at radius 1 is 1.32 bits per heavy atom. The first-order valence-corrected chi connectivity index (χ1v) is 9.18. The number of fused-ring (bicyclic) bond motifs is 5. The van der Waals surface area contributed by atoms with Gasteiger partial charge >= 0.3 is 5.97 Å². The molecule has 0 spiro atoms. The number of aromatic nitrogens is 2. The fourth-order valence-electron chi connectivity index (χ4n) is 4.16. The minimum Gasteiger partial charge on any atom is -0.494 e. The van der Waals surface area contributed by atoms with Crippen LogP contribution in [0.1, 0.15) is 48.2 Å². The number of benzene rings is 1. The van der Waals surface area contributed by atoms with E-state index in [1.807, 2.05) is 18.2 Å². The molecule has 3 aromatic rings. The van der Waals surface area contributed by atoms with E-state index in [-0.39, 0.29) is 16.9 Å². The normalized spacial score (nSPS) is 15.8. The van der Waals surface area contributed by atoms with Crippen LogP contribution in [-0.4, -0.2) is 28.2 Å². The molecule has 6 heteroatoms. The molecule has 0 saturated heterocycles. The average Bonchev–Trinajstić information content (AvgIpc) is 2.65. The summed E-state index contributed by atoms with van der Waals surface area (Å²) in [4.78, 5) is 31.3. The van der Waals surface area contributed by atoms with Gasteiger partial charge in [-0.05, 0) is 47.1 Å². The van der Waals surface area contributed by atoms with Crippen molar-refractivity contribution in [2.75, 3.05) is 7.11 Å². The lowest BCUT2D eigenvalue weighted by Crippen LogP contribution is -2.28. The molecular formula is C22H22N2O4. The number of pyridine rings is 2. The number of carboxylic acids is 1. The second-order valence-electron chi connectivity index (χ2n) is 8.27. The molecule has 28 heavy (non-hydrogen) atoms. The fraction of sp³-hybridized carbons (Fsp3) is 0.318. The van der Waals surface area contributed by atoms with E-state index in [0.717, 1.165) is 34.0 Å². The third-order valence-corrected chi connectivity index (χ3v) is 5.59. The van der Waals surface area contributed by atoms with Gasteiger partial charge in [-0.3, -0.25) is 9.78 Å². The van der Waals surface area contributed by atoms with Gasteiger partial charge in [-0.15, -0.1) is 0 Å². The molecule has 0 aliphatic heterocycles. The maximum absolute atomic E-state index is 12.4. The van der Waals surface area contributed by atoms with Gasteiger partial charge in [0.05, 0.1) is 12.8 Å². The van der Waals surface area contributed by atoms with E-state index in [1.165, 1.54) is 6.07 Å². The molecule has 1 aliphatic carbocycles. The maximum atomic E-state index is 12.4. The van der Waals surface area contributed by atoms with E-state index < -0.39 is 11.5 Å². The molecule has 2 N–H and O–H groups in total. The quantitative estimate of drug-likeness (QED) is 0.704. The summed E-state index contributed by atoms with van der Waals surface area (Å²) < 4.78 is 5.55. The summed E-state index contributed by atoms with van der Waals surface area (Å²) in [5, 5.41) is 10.4. The minimum absolute atomic E-state index is 0.0433. The van der Waals surface area contributed by atoms with Crippen molar-refractivity contribution in [2.24, 2.45) is 5.41 Å². The molecular weight excluding hydrogens is 356 g/mol. The highest BCUT2D eigenvalue weighted by atomic mass is 16.5. The third kappa shape index (κ3) is 2.68. The summed E-state index contributed by atoms with van der Waals surface area (Å²) in [6.07, 6.45) is 2.46. The van der Waals surface area contributed by atoms with E-state index in [4.69, 9.17) is 4.74 Å². The number of methoxy groups -OCH3 is 1.